The van der Waals surface area contributed by atoms with Crippen molar-refractivity contribution in [1.29, 1.82) is 0 Å². The molecule has 0 radical (unpaired) electrons. The molecule has 0 bridgehead atoms. The summed E-state index contributed by atoms with van der Waals surface area (Å²) in [5.41, 5.74) is 1.04. The molecule has 1 aliphatic rings. The lowest BCUT2D eigenvalue weighted by molar-refractivity contribution is -0.160. The SMILES string of the molecule is COc1cc(NC(=O)NC(C)[C@@H]2C[C@H](C(=O)O)C2(C)C)c(C)c(OC)c1. The summed E-state index contributed by atoms with van der Waals surface area (Å²) in [6, 6.07) is 3.00. The zero-order chi connectivity index (χ0) is 19.6. The predicted molar refractivity (Wildman–Crippen MR) is 98.9 cm³/mol. The van der Waals surface area contributed by atoms with Gasteiger partial charge in [-0.05, 0) is 31.6 Å². The van der Waals surface area contributed by atoms with Crippen molar-refractivity contribution in [2.45, 2.75) is 40.2 Å². The van der Waals surface area contributed by atoms with Crippen molar-refractivity contribution in [3.63, 3.8) is 0 Å². The molecular weight excluding hydrogens is 336 g/mol. The van der Waals surface area contributed by atoms with E-state index in [1.807, 2.05) is 27.7 Å². The number of anilines is 1. The highest BCUT2D eigenvalue weighted by Gasteiger charge is 2.53. The third kappa shape index (κ3) is 3.71. The first-order valence-electron chi connectivity index (χ1n) is 8.64. The summed E-state index contributed by atoms with van der Waals surface area (Å²) in [6.45, 7) is 7.63. The number of carbonyl (C=O) groups excluding carboxylic acids is 1. The minimum Gasteiger partial charge on any atom is -0.497 e. The highest BCUT2D eigenvalue weighted by Crippen LogP contribution is 2.52. The fourth-order valence-corrected chi connectivity index (χ4v) is 3.81. The van der Waals surface area contributed by atoms with Crippen LogP contribution in [0.1, 0.15) is 32.8 Å². The van der Waals surface area contributed by atoms with Gasteiger partial charge in [0.2, 0.25) is 0 Å². The molecule has 1 saturated carbocycles. The molecule has 2 rings (SSSR count). The highest BCUT2D eigenvalue weighted by atomic mass is 16.5. The molecule has 3 atom stereocenters. The van der Waals surface area contributed by atoms with E-state index in [0.29, 0.717) is 23.6 Å². The van der Waals surface area contributed by atoms with Crippen LogP contribution in [0.15, 0.2) is 12.1 Å². The Hall–Kier alpha value is -2.44. The van der Waals surface area contributed by atoms with Crippen LogP contribution in [-0.4, -0.2) is 37.4 Å². The fourth-order valence-electron chi connectivity index (χ4n) is 3.81. The largest absolute Gasteiger partial charge is 0.497 e. The van der Waals surface area contributed by atoms with Gasteiger partial charge in [-0.2, -0.15) is 0 Å². The molecule has 1 aromatic carbocycles. The van der Waals surface area contributed by atoms with E-state index in [0.717, 1.165) is 5.56 Å². The van der Waals surface area contributed by atoms with Crippen molar-refractivity contribution in [3.8, 4) is 11.5 Å². The number of methoxy groups -OCH3 is 2. The van der Waals surface area contributed by atoms with E-state index in [2.05, 4.69) is 10.6 Å². The molecule has 7 heteroatoms. The number of nitrogens with one attached hydrogen (secondary N) is 2. The summed E-state index contributed by atoms with van der Waals surface area (Å²) in [5.74, 6) is 0.166. The molecule has 1 fully saturated rings. The van der Waals surface area contributed by atoms with E-state index in [1.165, 1.54) is 0 Å². The Labute approximate surface area is 154 Å². The zero-order valence-corrected chi connectivity index (χ0v) is 16.2. The first-order valence-corrected chi connectivity index (χ1v) is 8.64. The smallest absolute Gasteiger partial charge is 0.319 e. The number of carbonyl (C=O) groups is 2. The summed E-state index contributed by atoms with van der Waals surface area (Å²) in [6.07, 6.45) is 0.565. The Morgan fingerprint density at radius 1 is 1.27 bits per heavy atom. The third-order valence-electron chi connectivity index (χ3n) is 5.64. The second-order valence-electron chi connectivity index (χ2n) is 7.44. The first-order chi connectivity index (χ1) is 12.1. The van der Waals surface area contributed by atoms with Crippen LogP contribution in [0.4, 0.5) is 10.5 Å². The normalized spacial score (nSPS) is 21.9. The first kappa shape index (κ1) is 19.9. The van der Waals surface area contributed by atoms with Crippen LogP contribution in [0.2, 0.25) is 0 Å². The lowest BCUT2D eigenvalue weighted by atomic mass is 9.53. The third-order valence-corrected chi connectivity index (χ3v) is 5.64. The minimum absolute atomic E-state index is 0.107. The van der Waals surface area contributed by atoms with Gasteiger partial charge in [-0.25, -0.2) is 4.79 Å². The number of amides is 2. The van der Waals surface area contributed by atoms with Gasteiger partial charge in [-0.1, -0.05) is 13.8 Å². The highest BCUT2D eigenvalue weighted by molar-refractivity contribution is 5.91. The van der Waals surface area contributed by atoms with Crippen LogP contribution in [0.5, 0.6) is 11.5 Å². The number of rotatable bonds is 6. The topological polar surface area (TPSA) is 96.9 Å². The molecule has 1 aromatic rings. The maximum absolute atomic E-state index is 12.4. The number of ether oxygens (including phenoxy) is 2. The number of hydrogen-bond donors (Lipinski definition) is 3. The summed E-state index contributed by atoms with van der Waals surface area (Å²) >= 11 is 0. The Morgan fingerprint density at radius 3 is 2.42 bits per heavy atom. The molecule has 0 heterocycles. The van der Waals surface area contributed by atoms with Crippen LogP contribution in [0.3, 0.4) is 0 Å². The predicted octanol–water partition coefficient (Wildman–Crippen LogP) is 3.27. The van der Waals surface area contributed by atoms with Crippen molar-refractivity contribution >= 4 is 17.7 Å². The van der Waals surface area contributed by atoms with Crippen LogP contribution in [-0.2, 0) is 4.79 Å². The molecule has 3 N–H and O–H groups in total. The lowest BCUT2D eigenvalue weighted by Gasteiger charge is -2.52. The number of carboxylic acids is 1. The van der Waals surface area contributed by atoms with Crippen LogP contribution in [0.25, 0.3) is 0 Å². The molecular formula is C19H28N2O5. The standard InChI is InChI=1S/C19H28N2O5/c1-10-15(7-12(25-5)8-16(10)26-6)21-18(24)20-11(2)13-9-14(17(22)23)19(13,3)4/h7-8,11,13-14H,9H2,1-6H3,(H,22,23)(H2,20,21,24)/t11?,13-,14+/m0/s1. The van der Waals surface area contributed by atoms with E-state index < -0.39 is 5.97 Å². The second kappa shape index (κ2) is 7.43. The molecule has 1 aliphatic carbocycles. The number of aliphatic carboxylic acids is 1. The number of carboxylic acid groups (broad SMARTS) is 1. The van der Waals surface area contributed by atoms with E-state index in [1.54, 1.807) is 26.4 Å². The molecule has 7 nitrogen and oxygen atoms in total. The summed E-state index contributed by atoms with van der Waals surface area (Å²) < 4.78 is 10.5. The van der Waals surface area contributed by atoms with Crippen molar-refractivity contribution in [2.75, 3.05) is 19.5 Å². The second-order valence-corrected chi connectivity index (χ2v) is 7.44. The molecule has 144 valence electrons. The van der Waals surface area contributed by atoms with Gasteiger partial charge in [-0.3, -0.25) is 4.79 Å². The Balaban J connectivity index is 2.04. The summed E-state index contributed by atoms with van der Waals surface area (Å²) in [4.78, 5) is 23.7. The maximum Gasteiger partial charge on any atom is 0.319 e. The Morgan fingerprint density at radius 2 is 1.92 bits per heavy atom. The lowest BCUT2D eigenvalue weighted by Crippen LogP contribution is -2.57. The number of urea groups is 1. The van der Waals surface area contributed by atoms with E-state index >= 15 is 0 Å². The van der Waals surface area contributed by atoms with Crippen molar-refractivity contribution in [3.05, 3.63) is 17.7 Å². The fraction of sp³-hybridized carbons (Fsp3) is 0.579. The summed E-state index contributed by atoms with van der Waals surface area (Å²) in [5, 5.41) is 15.0. The van der Waals surface area contributed by atoms with Gasteiger partial charge in [0.15, 0.2) is 0 Å². The van der Waals surface area contributed by atoms with E-state index in [-0.39, 0.29) is 29.3 Å². The molecule has 0 saturated heterocycles. The van der Waals surface area contributed by atoms with Gasteiger partial charge in [0, 0.05) is 23.7 Å². The Bertz CT molecular complexity index is 701. The zero-order valence-electron chi connectivity index (χ0n) is 16.2. The average molecular weight is 364 g/mol. The molecule has 0 aliphatic heterocycles. The van der Waals surface area contributed by atoms with E-state index in [9.17, 15) is 14.7 Å². The van der Waals surface area contributed by atoms with Crippen molar-refractivity contribution < 1.29 is 24.2 Å². The van der Waals surface area contributed by atoms with Crippen LogP contribution < -0.4 is 20.1 Å². The van der Waals surface area contributed by atoms with Gasteiger partial charge >= 0.3 is 12.0 Å². The van der Waals surface area contributed by atoms with Gasteiger partial charge < -0.3 is 25.2 Å². The maximum atomic E-state index is 12.4. The summed E-state index contributed by atoms with van der Waals surface area (Å²) in [7, 11) is 3.11. The van der Waals surface area contributed by atoms with Gasteiger partial charge in [-0.15, -0.1) is 0 Å². The van der Waals surface area contributed by atoms with Gasteiger partial charge in [0.25, 0.3) is 0 Å². The van der Waals surface area contributed by atoms with Crippen molar-refractivity contribution in [1.82, 2.24) is 5.32 Å². The molecule has 1 unspecified atom stereocenters. The monoisotopic (exact) mass is 364 g/mol. The van der Waals surface area contributed by atoms with E-state index in [4.69, 9.17) is 9.47 Å². The molecule has 2 amide bonds. The molecule has 26 heavy (non-hydrogen) atoms. The van der Waals surface area contributed by atoms with Crippen LogP contribution >= 0.6 is 0 Å². The molecule has 0 aromatic heterocycles. The average Bonchev–Trinajstić information content (AvgIpc) is 2.55. The molecule has 0 spiro atoms. The van der Waals surface area contributed by atoms with Gasteiger partial charge in [0.1, 0.15) is 11.5 Å². The minimum atomic E-state index is -0.776. The Kier molecular flexibility index (Phi) is 5.68. The van der Waals surface area contributed by atoms with Gasteiger partial charge in [0.05, 0.1) is 25.8 Å². The number of hydrogen-bond acceptors (Lipinski definition) is 4. The van der Waals surface area contributed by atoms with Crippen LogP contribution in [0, 0.1) is 24.2 Å². The van der Waals surface area contributed by atoms with Crippen molar-refractivity contribution in [2.24, 2.45) is 17.3 Å². The number of benzene rings is 1. The quantitative estimate of drug-likeness (QED) is 0.720.